The van der Waals surface area contributed by atoms with Crippen LogP contribution in [0.4, 0.5) is 17.3 Å². The van der Waals surface area contributed by atoms with E-state index in [0.717, 1.165) is 22.6 Å². The minimum atomic E-state index is -0.269. The quantitative estimate of drug-likeness (QED) is 0.540. The fourth-order valence-electron chi connectivity index (χ4n) is 2.61. The molecule has 6 nitrogen and oxygen atoms in total. The largest absolute Gasteiger partial charge is 0.472 e. The van der Waals surface area contributed by atoms with Crippen LogP contribution in [-0.4, -0.2) is 15.9 Å². The number of carbonyl (C=O) groups is 1. The van der Waals surface area contributed by atoms with Crippen LogP contribution < -0.4 is 10.6 Å². The number of benzene rings is 1. The van der Waals surface area contributed by atoms with E-state index in [1.807, 2.05) is 54.6 Å². The van der Waals surface area contributed by atoms with Crippen LogP contribution in [0.2, 0.25) is 0 Å². The zero-order valence-electron chi connectivity index (χ0n) is 14.3. The molecule has 0 fully saturated rings. The minimum absolute atomic E-state index is 0.269. The topological polar surface area (TPSA) is 80.0 Å². The Hall–Kier alpha value is -3.93. The summed E-state index contributed by atoms with van der Waals surface area (Å²) in [6.45, 7) is 0. The molecule has 0 aliphatic heterocycles. The molecule has 0 bridgehead atoms. The predicted molar refractivity (Wildman–Crippen MR) is 104 cm³/mol. The van der Waals surface area contributed by atoms with Gasteiger partial charge in [0.25, 0.3) is 5.91 Å². The molecule has 0 atom stereocenters. The van der Waals surface area contributed by atoms with Crippen LogP contribution in [0, 0.1) is 0 Å². The average molecular weight is 356 g/mol. The van der Waals surface area contributed by atoms with E-state index in [2.05, 4.69) is 20.6 Å². The molecule has 0 radical (unpaired) electrons. The fourth-order valence-corrected chi connectivity index (χ4v) is 2.61. The molecule has 6 heteroatoms. The number of aromatic nitrogens is 2. The van der Waals surface area contributed by atoms with Crippen molar-refractivity contribution in [2.75, 3.05) is 10.6 Å². The predicted octanol–water partition coefficient (Wildman–Crippen LogP) is 4.73. The van der Waals surface area contributed by atoms with Crippen LogP contribution in [0.5, 0.6) is 0 Å². The van der Waals surface area contributed by atoms with Crippen molar-refractivity contribution in [3.63, 3.8) is 0 Å². The highest BCUT2D eigenvalue weighted by molar-refractivity contribution is 6.03. The molecule has 3 aromatic heterocycles. The van der Waals surface area contributed by atoms with Gasteiger partial charge in [0.2, 0.25) is 0 Å². The number of anilines is 3. The lowest BCUT2D eigenvalue weighted by molar-refractivity contribution is 0.102. The summed E-state index contributed by atoms with van der Waals surface area (Å²) in [4.78, 5) is 20.7. The highest BCUT2D eigenvalue weighted by atomic mass is 16.3. The van der Waals surface area contributed by atoms with Crippen molar-refractivity contribution in [2.24, 2.45) is 0 Å². The van der Waals surface area contributed by atoms with Crippen molar-refractivity contribution in [2.45, 2.75) is 0 Å². The number of para-hydroxylation sites is 1. The van der Waals surface area contributed by atoms with Gasteiger partial charge >= 0.3 is 0 Å². The van der Waals surface area contributed by atoms with Gasteiger partial charge in [-0.05, 0) is 53.6 Å². The Morgan fingerprint density at radius 2 is 1.56 bits per heavy atom. The standard InChI is InChI=1S/C21H16N4O2/c26-21(17-8-11-27-14-17)25-20-13-16(7-10-23-20)15-6-9-22-19(12-15)24-18-4-2-1-3-5-18/h1-14H,(H,22,24)(H,23,25,26). The maximum absolute atomic E-state index is 12.1. The normalized spacial score (nSPS) is 10.4. The molecule has 1 aromatic carbocycles. The molecule has 0 aliphatic rings. The number of nitrogens with one attached hydrogen (secondary N) is 2. The maximum atomic E-state index is 12.1. The SMILES string of the molecule is O=C(Nc1cc(-c2ccnc(Nc3ccccc3)c2)ccn1)c1ccoc1. The zero-order chi connectivity index (χ0) is 18.5. The van der Waals surface area contributed by atoms with E-state index in [9.17, 15) is 4.79 Å². The Kier molecular flexibility index (Phi) is 4.61. The molecule has 0 saturated heterocycles. The van der Waals surface area contributed by atoms with E-state index in [0.29, 0.717) is 11.4 Å². The third-order valence-corrected chi connectivity index (χ3v) is 3.92. The van der Waals surface area contributed by atoms with Crippen molar-refractivity contribution in [3.05, 3.63) is 91.1 Å². The van der Waals surface area contributed by atoms with Crippen molar-refractivity contribution >= 4 is 23.2 Å². The van der Waals surface area contributed by atoms with E-state index in [1.54, 1.807) is 18.5 Å². The molecule has 0 unspecified atom stereocenters. The molecular weight excluding hydrogens is 340 g/mol. The number of rotatable bonds is 5. The molecule has 0 spiro atoms. The van der Waals surface area contributed by atoms with Gasteiger partial charge in [-0.2, -0.15) is 0 Å². The third kappa shape index (κ3) is 4.01. The average Bonchev–Trinajstić information content (AvgIpc) is 3.24. The van der Waals surface area contributed by atoms with Gasteiger partial charge in [-0.15, -0.1) is 0 Å². The summed E-state index contributed by atoms with van der Waals surface area (Å²) in [6.07, 6.45) is 6.25. The summed E-state index contributed by atoms with van der Waals surface area (Å²) in [5, 5.41) is 6.04. The lowest BCUT2D eigenvalue weighted by Gasteiger charge is -2.09. The van der Waals surface area contributed by atoms with Gasteiger partial charge in [0, 0.05) is 18.1 Å². The van der Waals surface area contributed by atoms with Gasteiger partial charge in [-0.3, -0.25) is 4.79 Å². The van der Waals surface area contributed by atoms with Crippen molar-refractivity contribution < 1.29 is 9.21 Å². The van der Waals surface area contributed by atoms with Crippen molar-refractivity contribution in [1.29, 1.82) is 0 Å². The Bertz CT molecular complexity index is 1050. The smallest absolute Gasteiger partial charge is 0.260 e. The number of nitrogens with zero attached hydrogens (tertiary/aromatic N) is 2. The lowest BCUT2D eigenvalue weighted by Crippen LogP contribution is -2.11. The van der Waals surface area contributed by atoms with Crippen LogP contribution in [-0.2, 0) is 0 Å². The molecule has 4 aromatic rings. The second kappa shape index (κ2) is 7.53. The van der Waals surface area contributed by atoms with Gasteiger partial charge in [0.05, 0.1) is 11.8 Å². The van der Waals surface area contributed by atoms with Crippen LogP contribution in [0.25, 0.3) is 11.1 Å². The lowest BCUT2D eigenvalue weighted by atomic mass is 10.1. The Morgan fingerprint density at radius 3 is 2.26 bits per heavy atom. The summed E-state index contributed by atoms with van der Waals surface area (Å²) in [6, 6.07) is 19.0. The molecule has 2 N–H and O–H groups in total. The van der Waals surface area contributed by atoms with Crippen LogP contribution >= 0.6 is 0 Å². The number of carbonyl (C=O) groups excluding carboxylic acids is 1. The van der Waals surface area contributed by atoms with Gasteiger partial charge in [0.15, 0.2) is 0 Å². The highest BCUT2D eigenvalue weighted by Gasteiger charge is 2.09. The first-order valence-electron chi connectivity index (χ1n) is 8.36. The van der Waals surface area contributed by atoms with E-state index in [4.69, 9.17) is 4.42 Å². The number of hydrogen-bond acceptors (Lipinski definition) is 5. The molecule has 0 saturated carbocycles. The van der Waals surface area contributed by atoms with Gasteiger partial charge in [-0.25, -0.2) is 9.97 Å². The number of furan rings is 1. The van der Waals surface area contributed by atoms with Gasteiger partial charge in [0.1, 0.15) is 17.9 Å². The van der Waals surface area contributed by atoms with Crippen LogP contribution in [0.15, 0.2) is 90.0 Å². The summed E-state index contributed by atoms with van der Waals surface area (Å²) in [5.41, 5.74) is 3.29. The Morgan fingerprint density at radius 1 is 0.852 bits per heavy atom. The highest BCUT2D eigenvalue weighted by Crippen LogP contribution is 2.24. The van der Waals surface area contributed by atoms with Gasteiger partial charge in [-0.1, -0.05) is 18.2 Å². The second-order valence-corrected chi connectivity index (χ2v) is 5.82. The first-order chi connectivity index (χ1) is 13.3. The summed E-state index contributed by atoms with van der Waals surface area (Å²) in [7, 11) is 0. The van der Waals surface area contributed by atoms with Crippen LogP contribution in [0.3, 0.4) is 0 Å². The number of amides is 1. The first-order valence-corrected chi connectivity index (χ1v) is 8.36. The molecular formula is C21H16N4O2. The summed E-state index contributed by atoms with van der Waals surface area (Å²) < 4.78 is 4.93. The zero-order valence-corrected chi connectivity index (χ0v) is 14.3. The molecule has 4 rings (SSSR count). The molecule has 132 valence electrons. The van der Waals surface area contributed by atoms with Crippen LogP contribution in [0.1, 0.15) is 10.4 Å². The third-order valence-electron chi connectivity index (χ3n) is 3.92. The summed E-state index contributed by atoms with van der Waals surface area (Å²) >= 11 is 0. The van der Waals surface area contributed by atoms with Crippen molar-refractivity contribution in [3.8, 4) is 11.1 Å². The van der Waals surface area contributed by atoms with E-state index >= 15 is 0 Å². The minimum Gasteiger partial charge on any atom is -0.472 e. The van der Waals surface area contributed by atoms with E-state index in [-0.39, 0.29) is 5.91 Å². The fraction of sp³-hybridized carbons (Fsp3) is 0. The molecule has 27 heavy (non-hydrogen) atoms. The first kappa shape index (κ1) is 16.5. The van der Waals surface area contributed by atoms with Crippen molar-refractivity contribution in [1.82, 2.24) is 9.97 Å². The Balaban J connectivity index is 1.55. The monoisotopic (exact) mass is 356 g/mol. The number of pyridine rings is 2. The number of hydrogen-bond donors (Lipinski definition) is 2. The molecule has 0 aliphatic carbocycles. The maximum Gasteiger partial charge on any atom is 0.260 e. The molecule has 3 heterocycles. The van der Waals surface area contributed by atoms with Gasteiger partial charge < -0.3 is 15.1 Å². The van der Waals surface area contributed by atoms with E-state index < -0.39 is 0 Å². The Labute approximate surface area is 155 Å². The second-order valence-electron chi connectivity index (χ2n) is 5.82. The van der Waals surface area contributed by atoms with E-state index in [1.165, 1.54) is 12.5 Å². The summed E-state index contributed by atoms with van der Waals surface area (Å²) in [5.74, 6) is 0.933. The molecule has 1 amide bonds.